The first-order chi connectivity index (χ1) is 3.41. The van der Waals surface area contributed by atoms with Crippen molar-refractivity contribution in [1.82, 2.24) is 0 Å². The molecular weight excluding hydrogens is 159 g/mol. The summed E-state index contributed by atoms with van der Waals surface area (Å²) < 4.78 is 0. The monoisotopic (exact) mass is 168 g/mol. The second kappa shape index (κ2) is 1.71. The Morgan fingerprint density at radius 3 is 1.88 bits per heavy atom. The zero-order valence-electron chi connectivity index (χ0n) is 5.15. The van der Waals surface area contributed by atoms with Crippen LogP contribution in [-0.4, -0.2) is 12.3 Å². The van der Waals surface area contributed by atoms with Gasteiger partial charge in [-0.1, -0.05) is 36.9 Å². The van der Waals surface area contributed by atoms with Crippen LogP contribution in [0, 0.1) is 5.41 Å². The minimum atomic E-state index is -1.28. The molecular formula is C5H10ClPS. The lowest BCUT2D eigenvalue weighted by atomic mass is 9.99. The van der Waals surface area contributed by atoms with Crippen molar-refractivity contribution in [3.05, 3.63) is 0 Å². The topological polar surface area (TPSA) is 0 Å². The molecule has 48 valence electrons. The van der Waals surface area contributed by atoms with Gasteiger partial charge in [0.2, 0.25) is 0 Å². The van der Waals surface area contributed by atoms with Crippen molar-refractivity contribution in [3.8, 4) is 0 Å². The van der Waals surface area contributed by atoms with Crippen LogP contribution in [0.15, 0.2) is 0 Å². The molecule has 0 aromatic carbocycles. The van der Waals surface area contributed by atoms with Gasteiger partial charge in [0.15, 0.2) is 0 Å². The minimum absolute atomic E-state index is 0.470. The SMILES string of the molecule is CC1(C)CP(=S)(Cl)C1. The van der Waals surface area contributed by atoms with Gasteiger partial charge in [0.05, 0.1) is 0 Å². The Bertz CT molecular complexity index is 141. The smallest absolute Gasteiger partial charge is 0.0399 e. The summed E-state index contributed by atoms with van der Waals surface area (Å²) in [4.78, 5) is 0. The van der Waals surface area contributed by atoms with E-state index in [9.17, 15) is 0 Å². The molecule has 1 rings (SSSR count). The third kappa shape index (κ3) is 1.46. The Kier molecular flexibility index (Phi) is 1.51. The Balaban J connectivity index is 2.55. The number of hydrogen-bond acceptors (Lipinski definition) is 1. The van der Waals surface area contributed by atoms with E-state index >= 15 is 0 Å². The van der Waals surface area contributed by atoms with Crippen LogP contribution in [0.4, 0.5) is 0 Å². The van der Waals surface area contributed by atoms with Crippen molar-refractivity contribution in [1.29, 1.82) is 0 Å². The zero-order chi connectivity index (χ0) is 6.41. The van der Waals surface area contributed by atoms with Crippen LogP contribution in [0.2, 0.25) is 0 Å². The third-order valence-corrected chi connectivity index (χ3v) is 5.48. The summed E-state index contributed by atoms with van der Waals surface area (Å²) in [5, 5.41) is -1.28. The van der Waals surface area contributed by atoms with Crippen LogP contribution >= 0.6 is 16.6 Å². The summed E-state index contributed by atoms with van der Waals surface area (Å²) in [6.45, 7) is 4.44. The summed E-state index contributed by atoms with van der Waals surface area (Å²) in [6.07, 6.45) is 2.19. The van der Waals surface area contributed by atoms with E-state index in [-0.39, 0.29) is 0 Å². The molecule has 0 spiro atoms. The van der Waals surface area contributed by atoms with Crippen molar-refractivity contribution in [3.63, 3.8) is 0 Å². The molecule has 8 heavy (non-hydrogen) atoms. The van der Waals surface area contributed by atoms with E-state index in [1.807, 2.05) is 0 Å². The molecule has 0 aliphatic carbocycles. The zero-order valence-corrected chi connectivity index (χ0v) is 7.61. The van der Waals surface area contributed by atoms with Gasteiger partial charge in [-0.2, -0.15) is 0 Å². The molecule has 1 heterocycles. The van der Waals surface area contributed by atoms with Gasteiger partial charge in [-0.3, -0.25) is 0 Å². The van der Waals surface area contributed by atoms with Crippen LogP contribution in [0.25, 0.3) is 0 Å². The molecule has 3 heteroatoms. The highest BCUT2D eigenvalue weighted by Crippen LogP contribution is 2.67. The largest absolute Gasteiger partial charge is 0.0855 e. The molecule has 0 N–H and O–H groups in total. The predicted molar refractivity (Wildman–Crippen MR) is 43.7 cm³/mol. The fourth-order valence-electron chi connectivity index (χ4n) is 1.23. The summed E-state index contributed by atoms with van der Waals surface area (Å²) in [5.74, 6) is 0. The van der Waals surface area contributed by atoms with E-state index in [4.69, 9.17) is 23.0 Å². The highest BCUT2D eigenvalue weighted by atomic mass is 35.7. The maximum atomic E-state index is 5.91. The summed E-state index contributed by atoms with van der Waals surface area (Å²) >= 11 is 11.0. The molecule has 1 aliphatic rings. The van der Waals surface area contributed by atoms with Gasteiger partial charge < -0.3 is 0 Å². The fraction of sp³-hybridized carbons (Fsp3) is 1.00. The molecule has 0 amide bonds. The van der Waals surface area contributed by atoms with Crippen LogP contribution in [0.5, 0.6) is 0 Å². The van der Waals surface area contributed by atoms with Gasteiger partial charge >= 0.3 is 0 Å². The molecule has 0 radical (unpaired) electrons. The Hall–Kier alpha value is 0.940. The summed E-state index contributed by atoms with van der Waals surface area (Å²) in [6, 6.07) is 0. The molecule has 0 nitrogen and oxygen atoms in total. The van der Waals surface area contributed by atoms with Crippen molar-refractivity contribution < 1.29 is 0 Å². The lowest BCUT2D eigenvalue weighted by molar-refractivity contribution is 0.451. The third-order valence-electron chi connectivity index (χ3n) is 1.33. The van der Waals surface area contributed by atoms with Gasteiger partial charge in [-0.05, 0) is 17.7 Å². The van der Waals surface area contributed by atoms with Crippen molar-refractivity contribution >= 4 is 28.4 Å². The van der Waals surface area contributed by atoms with E-state index in [1.54, 1.807) is 0 Å². The molecule has 0 bridgehead atoms. The van der Waals surface area contributed by atoms with E-state index in [1.165, 1.54) is 0 Å². The molecule has 1 saturated heterocycles. The van der Waals surface area contributed by atoms with Gasteiger partial charge in [0.1, 0.15) is 0 Å². The average Bonchev–Trinajstić information content (AvgIpc) is 1.20. The highest BCUT2D eigenvalue weighted by Gasteiger charge is 2.39. The highest BCUT2D eigenvalue weighted by molar-refractivity contribution is 8.27. The first-order valence-corrected chi connectivity index (χ1v) is 6.77. The quantitative estimate of drug-likeness (QED) is 0.501. The van der Waals surface area contributed by atoms with E-state index < -0.39 is 5.39 Å². The van der Waals surface area contributed by atoms with Crippen LogP contribution in [0.1, 0.15) is 13.8 Å². The standard InChI is InChI=1S/C5H10ClPS/c1-5(2)3-7(6,8)4-5/h3-4H2,1-2H3. The Labute approximate surface area is 60.4 Å². The van der Waals surface area contributed by atoms with E-state index in [2.05, 4.69) is 13.8 Å². The molecule has 1 fully saturated rings. The molecule has 0 atom stereocenters. The van der Waals surface area contributed by atoms with Gasteiger partial charge in [-0.15, -0.1) is 0 Å². The van der Waals surface area contributed by atoms with Crippen molar-refractivity contribution in [2.75, 3.05) is 12.3 Å². The summed E-state index contributed by atoms with van der Waals surface area (Å²) in [5.41, 5.74) is 0.470. The molecule has 0 saturated carbocycles. The number of rotatable bonds is 0. The Morgan fingerprint density at radius 2 is 1.88 bits per heavy atom. The minimum Gasteiger partial charge on any atom is -0.0855 e. The van der Waals surface area contributed by atoms with Gasteiger partial charge in [0, 0.05) is 5.39 Å². The second-order valence-corrected chi connectivity index (χ2v) is 10.1. The van der Waals surface area contributed by atoms with Crippen LogP contribution in [0.3, 0.4) is 0 Å². The first-order valence-electron chi connectivity index (χ1n) is 2.69. The molecule has 0 aromatic rings. The van der Waals surface area contributed by atoms with E-state index in [0.717, 1.165) is 12.3 Å². The predicted octanol–water partition coefficient (Wildman–Crippen LogP) is 2.66. The van der Waals surface area contributed by atoms with E-state index in [0.29, 0.717) is 5.41 Å². The van der Waals surface area contributed by atoms with Crippen LogP contribution in [-0.2, 0) is 11.8 Å². The van der Waals surface area contributed by atoms with Gasteiger partial charge in [0.25, 0.3) is 0 Å². The molecule has 0 unspecified atom stereocenters. The molecule has 1 aliphatic heterocycles. The first kappa shape index (κ1) is 7.05. The fourth-order valence-corrected chi connectivity index (χ4v) is 7.73. The second-order valence-electron chi connectivity index (χ2n) is 3.27. The lowest BCUT2D eigenvalue weighted by Crippen LogP contribution is -2.31. The lowest BCUT2D eigenvalue weighted by Gasteiger charge is -2.41. The van der Waals surface area contributed by atoms with Crippen molar-refractivity contribution in [2.24, 2.45) is 5.41 Å². The number of halogens is 1. The average molecular weight is 169 g/mol. The number of hydrogen-bond donors (Lipinski definition) is 0. The molecule has 0 aromatic heterocycles. The van der Waals surface area contributed by atoms with Crippen molar-refractivity contribution in [2.45, 2.75) is 13.8 Å². The Morgan fingerprint density at radius 1 is 1.50 bits per heavy atom. The maximum Gasteiger partial charge on any atom is 0.0399 e. The maximum absolute atomic E-state index is 5.91. The normalized spacial score (nSPS) is 31.4. The van der Waals surface area contributed by atoms with Gasteiger partial charge in [-0.25, -0.2) is 0 Å². The summed E-state index contributed by atoms with van der Waals surface area (Å²) in [7, 11) is 0. The van der Waals surface area contributed by atoms with Crippen LogP contribution < -0.4 is 0 Å².